The van der Waals surface area contributed by atoms with Crippen LogP contribution in [0.5, 0.6) is 0 Å². The van der Waals surface area contributed by atoms with Crippen LogP contribution in [0.3, 0.4) is 0 Å². The van der Waals surface area contributed by atoms with Gasteiger partial charge < -0.3 is 4.90 Å². The Labute approximate surface area is 119 Å². The maximum atomic E-state index is 14.3. The standard InChI is InChI=1S/C16H22FN3/c1-11(2)12-6-8-20(9-7-12)16-13-10-18-19(3)15(13)5-4-14(16)17/h4-5,10-12H,6-9H2,1-3H3. The second-order valence-corrected chi connectivity index (χ2v) is 6.17. The number of aryl methyl sites for hydroxylation is 1. The normalized spacial score (nSPS) is 17.4. The molecule has 0 N–H and O–H groups in total. The summed E-state index contributed by atoms with van der Waals surface area (Å²) in [6.07, 6.45) is 4.07. The number of hydrogen-bond acceptors (Lipinski definition) is 2. The zero-order valence-corrected chi connectivity index (χ0v) is 12.4. The Morgan fingerprint density at radius 2 is 1.95 bits per heavy atom. The number of anilines is 1. The van der Waals surface area contributed by atoms with Crippen LogP contribution in [0.15, 0.2) is 18.3 Å². The lowest BCUT2D eigenvalue weighted by Crippen LogP contribution is -2.35. The molecule has 0 saturated carbocycles. The molecule has 0 aliphatic carbocycles. The van der Waals surface area contributed by atoms with Crippen molar-refractivity contribution < 1.29 is 4.39 Å². The van der Waals surface area contributed by atoms with E-state index >= 15 is 0 Å². The number of nitrogens with zero attached hydrogens (tertiary/aromatic N) is 3. The van der Waals surface area contributed by atoms with Crippen molar-refractivity contribution in [2.24, 2.45) is 18.9 Å². The summed E-state index contributed by atoms with van der Waals surface area (Å²) in [5, 5.41) is 5.19. The fraction of sp³-hybridized carbons (Fsp3) is 0.562. The number of benzene rings is 1. The molecule has 2 heterocycles. The molecule has 1 saturated heterocycles. The van der Waals surface area contributed by atoms with E-state index in [4.69, 9.17) is 0 Å². The van der Waals surface area contributed by atoms with Gasteiger partial charge in [-0.3, -0.25) is 4.68 Å². The Morgan fingerprint density at radius 3 is 2.60 bits per heavy atom. The number of hydrogen-bond donors (Lipinski definition) is 0. The van der Waals surface area contributed by atoms with Crippen LogP contribution in [0.25, 0.3) is 10.9 Å². The monoisotopic (exact) mass is 275 g/mol. The lowest BCUT2D eigenvalue weighted by atomic mass is 9.86. The van der Waals surface area contributed by atoms with Gasteiger partial charge in [0.2, 0.25) is 0 Å². The van der Waals surface area contributed by atoms with Crippen molar-refractivity contribution in [1.82, 2.24) is 9.78 Å². The third kappa shape index (κ3) is 2.17. The summed E-state index contributed by atoms with van der Waals surface area (Å²) in [5.74, 6) is 1.35. The van der Waals surface area contributed by atoms with Crippen molar-refractivity contribution in [3.63, 3.8) is 0 Å². The zero-order chi connectivity index (χ0) is 14.3. The Kier molecular flexibility index (Phi) is 3.40. The maximum absolute atomic E-state index is 14.3. The van der Waals surface area contributed by atoms with Gasteiger partial charge >= 0.3 is 0 Å². The van der Waals surface area contributed by atoms with Gasteiger partial charge in [0.1, 0.15) is 5.82 Å². The first kappa shape index (κ1) is 13.4. The highest BCUT2D eigenvalue weighted by Crippen LogP contribution is 2.34. The summed E-state index contributed by atoms with van der Waals surface area (Å²) >= 11 is 0. The number of rotatable bonds is 2. The molecule has 1 aliphatic heterocycles. The highest BCUT2D eigenvalue weighted by Gasteiger charge is 2.25. The van der Waals surface area contributed by atoms with E-state index in [9.17, 15) is 4.39 Å². The van der Waals surface area contributed by atoms with E-state index in [1.807, 2.05) is 13.1 Å². The second-order valence-electron chi connectivity index (χ2n) is 6.17. The van der Waals surface area contributed by atoms with Crippen molar-refractivity contribution in [2.75, 3.05) is 18.0 Å². The van der Waals surface area contributed by atoms with Gasteiger partial charge in [-0.25, -0.2) is 4.39 Å². The quantitative estimate of drug-likeness (QED) is 0.835. The van der Waals surface area contributed by atoms with Crippen LogP contribution in [0.2, 0.25) is 0 Å². The Bertz CT molecular complexity index is 609. The number of fused-ring (bicyclic) bond motifs is 1. The Balaban J connectivity index is 1.93. The molecule has 4 heteroatoms. The molecular weight excluding hydrogens is 253 g/mol. The summed E-state index contributed by atoms with van der Waals surface area (Å²) in [6, 6.07) is 3.37. The average molecular weight is 275 g/mol. The zero-order valence-electron chi connectivity index (χ0n) is 12.4. The van der Waals surface area contributed by atoms with E-state index in [0.29, 0.717) is 0 Å². The molecule has 3 rings (SSSR count). The van der Waals surface area contributed by atoms with E-state index in [0.717, 1.165) is 54.4 Å². The highest BCUT2D eigenvalue weighted by atomic mass is 19.1. The second kappa shape index (κ2) is 5.08. The third-order valence-corrected chi connectivity index (χ3v) is 4.65. The molecule has 3 nitrogen and oxygen atoms in total. The lowest BCUT2D eigenvalue weighted by molar-refractivity contribution is 0.310. The highest BCUT2D eigenvalue weighted by molar-refractivity contribution is 5.92. The van der Waals surface area contributed by atoms with Gasteiger partial charge in [-0.15, -0.1) is 0 Å². The van der Waals surface area contributed by atoms with Crippen LogP contribution < -0.4 is 4.90 Å². The molecule has 0 atom stereocenters. The SMILES string of the molecule is CC(C)C1CCN(c2c(F)ccc3c2cnn3C)CC1. The minimum Gasteiger partial charge on any atom is -0.369 e. The van der Waals surface area contributed by atoms with Gasteiger partial charge in [-0.1, -0.05) is 13.8 Å². The van der Waals surface area contributed by atoms with Crippen LogP contribution in [-0.2, 0) is 7.05 Å². The van der Waals surface area contributed by atoms with Gasteiger partial charge in [-0.2, -0.15) is 5.10 Å². The first-order valence-electron chi connectivity index (χ1n) is 7.43. The van der Waals surface area contributed by atoms with Gasteiger partial charge in [0.25, 0.3) is 0 Å². The number of aromatic nitrogens is 2. The Hall–Kier alpha value is -1.58. The summed E-state index contributed by atoms with van der Waals surface area (Å²) in [6.45, 7) is 6.44. The van der Waals surface area contributed by atoms with Crippen LogP contribution in [0.4, 0.5) is 10.1 Å². The van der Waals surface area contributed by atoms with Gasteiger partial charge in [0, 0.05) is 25.5 Å². The van der Waals surface area contributed by atoms with Crippen molar-refractivity contribution >= 4 is 16.6 Å². The molecule has 1 aliphatic rings. The van der Waals surface area contributed by atoms with Gasteiger partial charge in [0.15, 0.2) is 0 Å². The molecule has 0 spiro atoms. The van der Waals surface area contributed by atoms with Crippen molar-refractivity contribution in [3.8, 4) is 0 Å². The fourth-order valence-corrected chi connectivity index (χ4v) is 3.30. The molecule has 0 unspecified atom stereocenters. The predicted molar refractivity (Wildman–Crippen MR) is 80.4 cm³/mol. The number of piperidine rings is 1. The van der Waals surface area contributed by atoms with Gasteiger partial charge in [-0.05, 0) is 36.8 Å². The fourth-order valence-electron chi connectivity index (χ4n) is 3.30. The van der Waals surface area contributed by atoms with E-state index in [1.165, 1.54) is 0 Å². The molecule has 20 heavy (non-hydrogen) atoms. The topological polar surface area (TPSA) is 21.1 Å². The van der Waals surface area contributed by atoms with E-state index in [2.05, 4.69) is 23.8 Å². The van der Waals surface area contributed by atoms with E-state index < -0.39 is 0 Å². The largest absolute Gasteiger partial charge is 0.369 e. The van der Waals surface area contributed by atoms with E-state index in [1.54, 1.807) is 16.9 Å². The van der Waals surface area contributed by atoms with Crippen LogP contribution in [-0.4, -0.2) is 22.9 Å². The number of halogens is 1. The summed E-state index contributed by atoms with van der Waals surface area (Å²) < 4.78 is 16.1. The molecule has 1 aromatic heterocycles. The van der Waals surface area contributed by atoms with Crippen LogP contribution >= 0.6 is 0 Å². The van der Waals surface area contributed by atoms with E-state index in [-0.39, 0.29) is 5.82 Å². The van der Waals surface area contributed by atoms with Crippen LogP contribution in [0.1, 0.15) is 26.7 Å². The van der Waals surface area contributed by atoms with Gasteiger partial charge in [0.05, 0.1) is 17.4 Å². The molecular formula is C16H22FN3. The van der Waals surface area contributed by atoms with Crippen LogP contribution in [0, 0.1) is 17.7 Å². The summed E-state index contributed by atoms with van der Waals surface area (Å²) in [7, 11) is 1.90. The van der Waals surface area contributed by atoms with Crippen molar-refractivity contribution in [1.29, 1.82) is 0 Å². The molecule has 0 amide bonds. The summed E-state index contributed by atoms with van der Waals surface area (Å²) in [5.41, 5.74) is 1.73. The molecule has 0 radical (unpaired) electrons. The minimum absolute atomic E-state index is 0.131. The molecule has 108 valence electrons. The molecule has 1 aromatic carbocycles. The summed E-state index contributed by atoms with van der Waals surface area (Å²) in [4.78, 5) is 2.19. The first-order valence-corrected chi connectivity index (χ1v) is 7.43. The van der Waals surface area contributed by atoms with Crippen molar-refractivity contribution in [3.05, 3.63) is 24.1 Å². The first-order chi connectivity index (χ1) is 9.58. The minimum atomic E-state index is -0.131. The lowest BCUT2D eigenvalue weighted by Gasteiger charge is -2.35. The predicted octanol–water partition coefficient (Wildman–Crippen LogP) is 3.58. The molecule has 1 fully saturated rings. The molecule has 0 bridgehead atoms. The average Bonchev–Trinajstić information content (AvgIpc) is 2.80. The Morgan fingerprint density at radius 1 is 1.25 bits per heavy atom. The van der Waals surface area contributed by atoms with Crippen molar-refractivity contribution in [2.45, 2.75) is 26.7 Å². The third-order valence-electron chi connectivity index (χ3n) is 4.65. The maximum Gasteiger partial charge on any atom is 0.147 e. The molecule has 2 aromatic rings. The smallest absolute Gasteiger partial charge is 0.147 e.